The monoisotopic (exact) mass is 489 g/mol. The van der Waals surface area contributed by atoms with E-state index in [1.165, 1.54) is 23.9 Å². The predicted molar refractivity (Wildman–Crippen MR) is 117 cm³/mol. The quantitative estimate of drug-likeness (QED) is 0.443. The summed E-state index contributed by atoms with van der Waals surface area (Å²) in [6.07, 6.45) is -8.60. The number of hydrogen-bond acceptors (Lipinski definition) is 4. The first-order valence-electron chi connectivity index (χ1n) is 10.9. The Morgan fingerprint density at radius 3 is 2.03 bits per heavy atom. The minimum Gasteiger partial charge on any atom is -0.340 e. The zero-order chi connectivity index (χ0) is 23.6. The topological polar surface area (TPSA) is 9.72 Å². The van der Waals surface area contributed by atoms with Crippen molar-refractivity contribution in [3.8, 4) is 0 Å². The molecule has 180 valence electrons. The number of rotatable bonds is 6. The van der Waals surface area contributed by atoms with Crippen LogP contribution >= 0.6 is 11.8 Å². The molecule has 10 heteroatoms. The van der Waals surface area contributed by atoms with Crippen LogP contribution in [0.25, 0.3) is 0 Å². The van der Waals surface area contributed by atoms with Gasteiger partial charge in [0.2, 0.25) is 0 Å². The fraction of sp³-hybridized carbons (Fsp3) is 0.478. The van der Waals surface area contributed by atoms with E-state index in [9.17, 15) is 26.3 Å². The van der Waals surface area contributed by atoms with Crippen LogP contribution in [0, 0.1) is 0 Å². The van der Waals surface area contributed by atoms with E-state index in [0.717, 1.165) is 34.5 Å². The molecule has 2 heterocycles. The number of nitrogens with zero attached hydrogens (tertiary/aromatic N) is 3. The summed E-state index contributed by atoms with van der Waals surface area (Å²) in [5.74, 6) is 0. The van der Waals surface area contributed by atoms with E-state index < -0.39 is 24.3 Å². The molecular weight excluding hydrogens is 464 g/mol. The van der Waals surface area contributed by atoms with Gasteiger partial charge in [0.25, 0.3) is 0 Å². The second-order valence-corrected chi connectivity index (χ2v) is 9.39. The maximum atomic E-state index is 13.3. The number of piperazine rings is 1. The first-order chi connectivity index (χ1) is 15.6. The maximum Gasteiger partial charge on any atom is 0.416 e. The van der Waals surface area contributed by atoms with E-state index in [1.807, 2.05) is 34.1 Å². The molecule has 0 bridgehead atoms. The standard InChI is InChI=1S/C23H25F6N3S/c24-22(25,26)8-11-31-14-12-30(13-15-31)9-3-10-32-18-4-1-2-5-20(18)33-21-7-6-17(16-19(21)32)23(27,28)29/h1-2,4-7,16H,3,8-15H2. The van der Waals surface area contributed by atoms with Crippen LogP contribution < -0.4 is 4.90 Å². The van der Waals surface area contributed by atoms with Crippen molar-refractivity contribution in [2.75, 3.05) is 50.7 Å². The van der Waals surface area contributed by atoms with Gasteiger partial charge in [-0.25, -0.2) is 0 Å². The van der Waals surface area contributed by atoms with Crippen LogP contribution in [0.2, 0.25) is 0 Å². The Morgan fingerprint density at radius 2 is 1.36 bits per heavy atom. The summed E-state index contributed by atoms with van der Waals surface area (Å²) in [4.78, 5) is 7.79. The van der Waals surface area contributed by atoms with Crippen molar-refractivity contribution in [3.63, 3.8) is 0 Å². The number of hydrogen-bond donors (Lipinski definition) is 0. The molecule has 0 saturated carbocycles. The Balaban J connectivity index is 1.38. The lowest BCUT2D eigenvalue weighted by Gasteiger charge is -2.36. The summed E-state index contributed by atoms with van der Waals surface area (Å²) in [6.45, 7) is 3.90. The third kappa shape index (κ3) is 6.16. The molecule has 33 heavy (non-hydrogen) atoms. The van der Waals surface area contributed by atoms with Crippen molar-refractivity contribution in [2.45, 2.75) is 35.0 Å². The number of alkyl halides is 6. The summed E-state index contributed by atoms with van der Waals surface area (Å²) in [5, 5.41) is 0. The van der Waals surface area contributed by atoms with Gasteiger partial charge in [0.05, 0.1) is 23.4 Å². The van der Waals surface area contributed by atoms with E-state index in [2.05, 4.69) is 4.90 Å². The van der Waals surface area contributed by atoms with E-state index in [0.29, 0.717) is 38.4 Å². The summed E-state index contributed by atoms with van der Waals surface area (Å²) in [6, 6.07) is 11.6. The minimum atomic E-state index is -4.41. The third-order valence-corrected chi connectivity index (χ3v) is 7.12. The average Bonchev–Trinajstić information content (AvgIpc) is 2.76. The Labute approximate surface area is 193 Å². The summed E-state index contributed by atoms with van der Waals surface area (Å²) < 4.78 is 77.3. The Bertz CT molecular complexity index is 954. The molecule has 1 saturated heterocycles. The van der Waals surface area contributed by atoms with Crippen LogP contribution in [-0.2, 0) is 6.18 Å². The van der Waals surface area contributed by atoms with Crippen LogP contribution in [-0.4, -0.2) is 61.8 Å². The van der Waals surface area contributed by atoms with Crippen LogP contribution in [0.3, 0.4) is 0 Å². The molecule has 0 aromatic heterocycles. The Kier molecular flexibility index (Phi) is 7.16. The molecule has 0 amide bonds. The summed E-state index contributed by atoms with van der Waals surface area (Å²) in [5.41, 5.74) is 0.790. The number of anilines is 2. The van der Waals surface area contributed by atoms with Crippen molar-refractivity contribution in [1.82, 2.24) is 9.80 Å². The van der Waals surface area contributed by atoms with Crippen molar-refractivity contribution >= 4 is 23.1 Å². The number of halogens is 6. The van der Waals surface area contributed by atoms with Gasteiger partial charge in [0, 0.05) is 49.1 Å². The van der Waals surface area contributed by atoms with Gasteiger partial charge in [-0.15, -0.1) is 0 Å². The largest absolute Gasteiger partial charge is 0.416 e. The van der Waals surface area contributed by atoms with Crippen LogP contribution in [0.1, 0.15) is 18.4 Å². The first kappa shape index (κ1) is 24.2. The Hall–Kier alpha value is -1.91. The zero-order valence-corrected chi connectivity index (χ0v) is 18.7. The molecule has 0 spiro atoms. The average molecular weight is 490 g/mol. The summed E-state index contributed by atoms with van der Waals surface area (Å²) >= 11 is 1.47. The lowest BCUT2D eigenvalue weighted by atomic mass is 10.1. The lowest BCUT2D eigenvalue weighted by Crippen LogP contribution is -2.47. The molecule has 0 radical (unpaired) electrons. The first-order valence-corrected chi connectivity index (χ1v) is 11.7. The van der Waals surface area contributed by atoms with Gasteiger partial charge in [0.1, 0.15) is 0 Å². The van der Waals surface area contributed by atoms with Gasteiger partial charge in [0.15, 0.2) is 0 Å². The van der Waals surface area contributed by atoms with Crippen molar-refractivity contribution in [3.05, 3.63) is 48.0 Å². The lowest BCUT2D eigenvalue weighted by molar-refractivity contribution is -0.139. The molecule has 4 rings (SSSR count). The highest BCUT2D eigenvalue weighted by Gasteiger charge is 2.33. The maximum absolute atomic E-state index is 13.3. The molecule has 0 atom stereocenters. The van der Waals surface area contributed by atoms with E-state index in [1.54, 1.807) is 0 Å². The van der Waals surface area contributed by atoms with Crippen molar-refractivity contribution in [1.29, 1.82) is 0 Å². The second kappa shape index (κ2) is 9.76. The van der Waals surface area contributed by atoms with Crippen LogP contribution in [0.4, 0.5) is 37.7 Å². The molecule has 0 aliphatic carbocycles. The normalized spacial score (nSPS) is 17.7. The molecule has 2 aromatic carbocycles. The molecule has 2 aromatic rings. The highest BCUT2D eigenvalue weighted by atomic mass is 32.2. The number of para-hydroxylation sites is 1. The third-order valence-electron chi connectivity index (χ3n) is 5.99. The molecule has 3 nitrogen and oxygen atoms in total. The smallest absolute Gasteiger partial charge is 0.340 e. The van der Waals surface area contributed by atoms with Gasteiger partial charge in [-0.3, -0.25) is 0 Å². The fourth-order valence-corrected chi connectivity index (χ4v) is 5.30. The highest BCUT2D eigenvalue weighted by molar-refractivity contribution is 7.99. The van der Waals surface area contributed by atoms with Gasteiger partial charge in [-0.2, -0.15) is 26.3 Å². The van der Waals surface area contributed by atoms with Gasteiger partial charge >= 0.3 is 12.4 Å². The predicted octanol–water partition coefficient (Wildman–Crippen LogP) is 6.27. The van der Waals surface area contributed by atoms with Crippen molar-refractivity contribution in [2.24, 2.45) is 0 Å². The molecular formula is C23H25F6N3S. The Morgan fingerprint density at radius 1 is 0.727 bits per heavy atom. The van der Waals surface area contributed by atoms with Gasteiger partial charge < -0.3 is 14.7 Å². The SMILES string of the molecule is FC(F)(F)CCN1CCN(CCCN2c3ccccc3Sc3ccc(C(F)(F)F)cc32)CC1. The van der Waals surface area contributed by atoms with E-state index in [4.69, 9.17) is 0 Å². The molecule has 0 N–H and O–H groups in total. The zero-order valence-electron chi connectivity index (χ0n) is 17.9. The number of fused-ring (bicyclic) bond motifs is 2. The van der Waals surface area contributed by atoms with Crippen LogP contribution in [0.5, 0.6) is 0 Å². The minimum absolute atomic E-state index is 0.0257. The molecule has 0 unspecified atom stereocenters. The molecule has 2 aliphatic rings. The molecule has 1 fully saturated rings. The van der Waals surface area contributed by atoms with E-state index >= 15 is 0 Å². The van der Waals surface area contributed by atoms with Crippen LogP contribution in [0.15, 0.2) is 52.3 Å². The van der Waals surface area contributed by atoms with Gasteiger partial charge in [-0.05, 0) is 43.3 Å². The van der Waals surface area contributed by atoms with Gasteiger partial charge in [-0.1, -0.05) is 23.9 Å². The van der Waals surface area contributed by atoms with E-state index in [-0.39, 0.29) is 6.54 Å². The fourth-order valence-electron chi connectivity index (χ4n) is 4.22. The second-order valence-electron chi connectivity index (χ2n) is 8.30. The highest BCUT2D eigenvalue weighted by Crippen LogP contribution is 2.49. The molecule has 2 aliphatic heterocycles. The summed E-state index contributed by atoms with van der Waals surface area (Å²) in [7, 11) is 0. The number of benzene rings is 2. The van der Waals surface area contributed by atoms with Crippen molar-refractivity contribution < 1.29 is 26.3 Å².